The van der Waals surface area contributed by atoms with Gasteiger partial charge >= 0.3 is 5.97 Å². The van der Waals surface area contributed by atoms with E-state index in [4.69, 9.17) is 14.2 Å². The summed E-state index contributed by atoms with van der Waals surface area (Å²) in [5.41, 5.74) is 2.01. The molecule has 4 unspecified atom stereocenters. The molecule has 0 saturated heterocycles. The normalized spacial score (nSPS) is 24.1. The monoisotopic (exact) mass is 382 g/mol. The number of carbonyl (C=O) groups is 1. The number of esters is 1. The Hall–Kier alpha value is -2.47. The van der Waals surface area contributed by atoms with Gasteiger partial charge in [0.1, 0.15) is 18.1 Å². The second-order valence-electron chi connectivity index (χ2n) is 6.68. The zero-order chi connectivity index (χ0) is 19.8. The van der Waals surface area contributed by atoms with Crippen molar-refractivity contribution in [3.8, 4) is 0 Å². The van der Waals surface area contributed by atoms with Crippen LogP contribution in [0.2, 0.25) is 0 Å². The standard InChI is InChI=1S/C23H26O5/c1-2-26-23(25)19-13-14-20(27-15-17-9-5-3-6-10-17)22(21(19)24)28-16-18-11-7-4-8-12-18/h3-14,19-22,24H,2,15-16H2,1H3. The molecule has 2 aromatic carbocycles. The van der Waals surface area contributed by atoms with E-state index < -0.39 is 30.2 Å². The van der Waals surface area contributed by atoms with Crippen LogP contribution in [-0.4, -0.2) is 36.0 Å². The van der Waals surface area contributed by atoms with Crippen molar-refractivity contribution in [2.24, 2.45) is 5.92 Å². The van der Waals surface area contributed by atoms with E-state index in [1.54, 1.807) is 19.1 Å². The molecule has 0 saturated carbocycles. The maximum Gasteiger partial charge on any atom is 0.315 e. The molecule has 5 heteroatoms. The number of rotatable bonds is 8. The molecule has 0 amide bonds. The molecule has 0 aliphatic heterocycles. The average molecular weight is 382 g/mol. The van der Waals surface area contributed by atoms with Crippen LogP contribution in [-0.2, 0) is 32.2 Å². The molecule has 28 heavy (non-hydrogen) atoms. The third-order valence-electron chi connectivity index (χ3n) is 4.67. The molecular weight excluding hydrogens is 356 g/mol. The van der Waals surface area contributed by atoms with Crippen molar-refractivity contribution >= 4 is 5.97 Å². The number of aliphatic hydroxyl groups excluding tert-OH is 1. The van der Waals surface area contributed by atoms with Crippen molar-refractivity contribution in [2.75, 3.05) is 6.61 Å². The maximum absolute atomic E-state index is 12.2. The Labute approximate surface area is 165 Å². The summed E-state index contributed by atoms with van der Waals surface area (Å²) < 4.78 is 17.1. The van der Waals surface area contributed by atoms with Gasteiger partial charge in [0.05, 0.1) is 25.9 Å². The molecule has 1 aliphatic rings. The van der Waals surface area contributed by atoms with Crippen molar-refractivity contribution < 1.29 is 24.1 Å². The Morgan fingerprint density at radius 3 is 2.04 bits per heavy atom. The molecule has 0 fully saturated rings. The van der Waals surface area contributed by atoms with Gasteiger partial charge in [-0.3, -0.25) is 4.79 Å². The van der Waals surface area contributed by atoms with Crippen LogP contribution in [0.3, 0.4) is 0 Å². The first-order valence-electron chi connectivity index (χ1n) is 9.53. The van der Waals surface area contributed by atoms with Gasteiger partial charge in [0.15, 0.2) is 0 Å². The summed E-state index contributed by atoms with van der Waals surface area (Å²) in [6.45, 7) is 2.71. The zero-order valence-corrected chi connectivity index (χ0v) is 15.9. The van der Waals surface area contributed by atoms with Gasteiger partial charge in [0, 0.05) is 0 Å². The van der Waals surface area contributed by atoms with E-state index in [-0.39, 0.29) is 6.61 Å². The lowest BCUT2D eigenvalue weighted by molar-refractivity contribution is -0.164. The Morgan fingerprint density at radius 1 is 0.893 bits per heavy atom. The van der Waals surface area contributed by atoms with Crippen LogP contribution in [0.4, 0.5) is 0 Å². The van der Waals surface area contributed by atoms with Gasteiger partial charge in [0.25, 0.3) is 0 Å². The lowest BCUT2D eigenvalue weighted by Gasteiger charge is -2.35. The maximum atomic E-state index is 12.2. The molecule has 0 bridgehead atoms. The predicted molar refractivity (Wildman–Crippen MR) is 105 cm³/mol. The van der Waals surface area contributed by atoms with E-state index in [1.165, 1.54) is 0 Å². The first-order valence-corrected chi connectivity index (χ1v) is 9.53. The van der Waals surface area contributed by atoms with E-state index in [9.17, 15) is 9.90 Å². The molecular formula is C23H26O5. The minimum absolute atomic E-state index is 0.263. The van der Waals surface area contributed by atoms with Gasteiger partial charge in [-0.15, -0.1) is 0 Å². The highest BCUT2D eigenvalue weighted by atomic mass is 16.6. The summed E-state index contributed by atoms with van der Waals surface area (Å²) in [6.07, 6.45) is 1.25. The van der Waals surface area contributed by atoms with E-state index in [2.05, 4.69) is 0 Å². The van der Waals surface area contributed by atoms with Crippen LogP contribution in [0, 0.1) is 5.92 Å². The fourth-order valence-corrected chi connectivity index (χ4v) is 3.18. The lowest BCUT2D eigenvalue weighted by atomic mass is 9.88. The van der Waals surface area contributed by atoms with Crippen molar-refractivity contribution in [2.45, 2.75) is 38.4 Å². The molecule has 2 aromatic rings. The number of benzene rings is 2. The largest absolute Gasteiger partial charge is 0.465 e. The van der Waals surface area contributed by atoms with Gasteiger partial charge in [0.2, 0.25) is 0 Å². The van der Waals surface area contributed by atoms with Gasteiger partial charge in [-0.1, -0.05) is 72.8 Å². The van der Waals surface area contributed by atoms with Crippen LogP contribution in [0.1, 0.15) is 18.1 Å². The third-order valence-corrected chi connectivity index (χ3v) is 4.67. The SMILES string of the molecule is CCOC(=O)C1C=CC(OCc2ccccc2)C(OCc2ccccc2)C1O. The molecule has 1 N–H and O–H groups in total. The average Bonchev–Trinajstić information content (AvgIpc) is 2.73. The van der Waals surface area contributed by atoms with Crippen LogP contribution in [0.5, 0.6) is 0 Å². The summed E-state index contributed by atoms with van der Waals surface area (Å²) in [5.74, 6) is -1.22. The number of hydrogen-bond donors (Lipinski definition) is 1. The van der Waals surface area contributed by atoms with Crippen LogP contribution in [0.25, 0.3) is 0 Å². The smallest absolute Gasteiger partial charge is 0.315 e. The fourth-order valence-electron chi connectivity index (χ4n) is 3.18. The summed E-state index contributed by atoms with van der Waals surface area (Å²) in [7, 11) is 0. The Morgan fingerprint density at radius 2 is 1.46 bits per heavy atom. The first-order chi connectivity index (χ1) is 13.7. The second kappa shape index (κ2) is 10.2. The van der Waals surface area contributed by atoms with Gasteiger partial charge < -0.3 is 19.3 Å². The van der Waals surface area contributed by atoms with Gasteiger partial charge in [-0.05, 0) is 18.1 Å². The Bertz CT molecular complexity index is 759. The van der Waals surface area contributed by atoms with E-state index in [0.717, 1.165) is 11.1 Å². The molecule has 4 atom stereocenters. The third kappa shape index (κ3) is 5.29. The quantitative estimate of drug-likeness (QED) is 0.561. The topological polar surface area (TPSA) is 65.0 Å². The van der Waals surface area contributed by atoms with Crippen LogP contribution < -0.4 is 0 Å². The lowest BCUT2D eigenvalue weighted by Crippen LogP contribution is -2.49. The predicted octanol–water partition coefficient (Wildman–Crippen LogP) is 3.27. The summed E-state index contributed by atoms with van der Waals surface area (Å²) in [5, 5.41) is 10.8. The van der Waals surface area contributed by atoms with Crippen LogP contribution in [0.15, 0.2) is 72.8 Å². The molecule has 148 valence electrons. The minimum atomic E-state index is -1.05. The van der Waals surface area contributed by atoms with Crippen molar-refractivity contribution in [1.29, 1.82) is 0 Å². The first kappa shape index (κ1) is 20.3. The molecule has 3 rings (SSSR count). The Balaban J connectivity index is 1.72. The molecule has 5 nitrogen and oxygen atoms in total. The number of ether oxygens (including phenoxy) is 3. The van der Waals surface area contributed by atoms with Gasteiger partial charge in [-0.2, -0.15) is 0 Å². The van der Waals surface area contributed by atoms with Crippen molar-refractivity contribution in [3.05, 3.63) is 83.9 Å². The van der Waals surface area contributed by atoms with Crippen molar-refractivity contribution in [3.63, 3.8) is 0 Å². The van der Waals surface area contributed by atoms with E-state index in [1.807, 2.05) is 60.7 Å². The highest BCUT2D eigenvalue weighted by molar-refractivity contribution is 5.75. The number of carbonyl (C=O) groups excluding carboxylic acids is 1. The number of hydrogen-bond acceptors (Lipinski definition) is 5. The Kier molecular flexibility index (Phi) is 7.37. The van der Waals surface area contributed by atoms with E-state index >= 15 is 0 Å². The minimum Gasteiger partial charge on any atom is -0.465 e. The van der Waals surface area contributed by atoms with Gasteiger partial charge in [-0.25, -0.2) is 0 Å². The molecule has 0 spiro atoms. The summed E-state index contributed by atoms with van der Waals surface area (Å²) >= 11 is 0. The van der Waals surface area contributed by atoms with Crippen LogP contribution >= 0.6 is 0 Å². The highest BCUT2D eigenvalue weighted by Crippen LogP contribution is 2.26. The summed E-state index contributed by atoms with van der Waals surface area (Å²) in [6, 6.07) is 19.5. The number of aliphatic hydroxyl groups is 1. The molecule has 0 aromatic heterocycles. The highest BCUT2D eigenvalue weighted by Gasteiger charge is 2.40. The summed E-state index contributed by atoms with van der Waals surface area (Å²) in [4.78, 5) is 12.2. The fraction of sp³-hybridized carbons (Fsp3) is 0.348. The molecule has 0 radical (unpaired) electrons. The van der Waals surface area contributed by atoms with Crippen molar-refractivity contribution in [1.82, 2.24) is 0 Å². The van der Waals surface area contributed by atoms with E-state index in [0.29, 0.717) is 13.2 Å². The molecule has 1 aliphatic carbocycles. The molecule has 0 heterocycles. The second-order valence-corrected chi connectivity index (χ2v) is 6.68. The zero-order valence-electron chi connectivity index (χ0n) is 15.9.